The monoisotopic (exact) mass is 386 g/mol. The van der Waals surface area contributed by atoms with Crippen LogP contribution in [0, 0.1) is 0 Å². The molecule has 0 radical (unpaired) electrons. The summed E-state index contributed by atoms with van der Waals surface area (Å²) in [6, 6.07) is 2.98. The van der Waals surface area contributed by atoms with Gasteiger partial charge < -0.3 is 26.3 Å². The van der Waals surface area contributed by atoms with E-state index in [2.05, 4.69) is 10.3 Å². The van der Waals surface area contributed by atoms with Crippen molar-refractivity contribution >= 4 is 28.6 Å². The van der Waals surface area contributed by atoms with Crippen LogP contribution in [0.5, 0.6) is 0 Å². The summed E-state index contributed by atoms with van der Waals surface area (Å²) in [6.07, 6.45) is 7.09. The highest BCUT2D eigenvalue weighted by molar-refractivity contribution is 5.87. The largest absolute Gasteiger partial charge is 0.370 e. The van der Waals surface area contributed by atoms with Crippen LogP contribution in [0.3, 0.4) is 0 Å². The van der Waals surface area contributed by atoms with Gasteiger partial charge in [-0.3, -0.25) is 19.4 Å². The first-order valence-electron chi connectivity index (χ1n) is 9.45. The van der Waals surface area contributed by atoms with Gasteiger partial charge in [0.2, 0.25) is 17.7 Å². The number of nitrogens with zero attached hydrogens (tertiary/aromatic N) is 3. The highest BCUT2D eigenvalue weighted by atomic mass is 16.2. The molecule has 1 aliphatic heterocycles. The second kappa shape index (κ2) is 8.83. The number of aromatic nitrogens is 2. The Labute approximate surface area is 163 Å². The predicted molar refractivity (Wildman–Crippen MR) is 104 cm³/mol. The van der Waals surface area contributed by atoms with E-state index in [0.717, 1.165) is 10.9 Å². The van der Waals surface area contributed by atoms with E-state index in [1.165, 1.54) is 0 Å². The van der Waals surface area contributed by atoms with E-state index in [1.54, 1.807) is 12.4 Å². The fourth-order valence-corrected chi connectivity index (χ4v) is 3.49. The van der Waals surface area contributed by atoms with Crippen LogP contribution < -0.4 is 16.8 Å². The minimum Gasteiger partial charge on any atom is -0.370 e. The van der Waals surface area contributed by atoms with Gasteiger partial charge in [0.05, 0.1) is 24.2 Å². The molecule has 2 aromatic rings. The smallest absolute Gasteiger partial charge is 0.237 e. The number of carbonyl (C=O) groups excluding carboxylic acids is 3. The molecular weight excluding hydrogens is 360 g/mol. The van der Waals surface area contributed by atoms with Crippen molar-refractivity contribution in [1.82, 2.24) is 19.8 Å². The Morgan fingerprint density at radius 3 is 2.71 bits per heavy atom. The molecule has 0 spiro atoms. The van der Waals surface area contributed by atoms with Gasteiger partial charge in [0.1, 0.15) is 0 Å². The maximum absolute atomic E-state index is 12.5. The highest BCUT2D eigenvalue weighted by Gasteiger charge is 2.25. The average molecular weight is 386 g/mol. The molecule has 9 nitrogen and oxygen atoms in total. The number of pyridine rings is 1. The first-order valence-corrected chi connectivity index (χ1v) is 9.45. The summed E-state index contributed by atoms with van der Waals surface area (Å²) in [7, 11) is 0. The van der Waals surface area contributed by atoms with Gasteiger partial charge in [0.15, 0.2) is 0 Å². The molecule has 3 amide bonds. The van der Waals surface area contributed by atoms with Crippen LogP contribution in [0.4, 0.5) is 0 Å². The van der Waals surface area contributed by atoms with Crippen LogP contribution in [0.25, 0.3) is 10.9 Å². The zero-order chi connectivity index (χ0) is 20.1. The SMILES string of the molecule is NC(=O)C[C@H](N)C(=O)NC1CCN(C(=O)CCn2ccc3ccncc32)CC1. The summed E-state index contributed by atoms with van der Waals surface area (Å²) < 4.78 is 2.04. The summed E-state index contributed by atoms with van der Waals surface area (Å²) in [5.41, 5.74) is 11.7. The van der Waals surface area contributed by atoms with Crippen LogP contribution in [-0.2, 0) is 20.9 Å². The first-order chi connectivity index (χ1) is 13.4. The summed E-state index contributed by atoms with van der Waals surface area (Å²) in [5.74, 6) is -0.882. The van der Waals surface area contributed by atoms with E-state index in [4.69, 9.17) is 11.5 Å². The summed E-state index contributed by atoms with van der Waals surface area (Å²) in [5, 5.41) is 3.94. The number of carbonyl (C=O) groups is 3. The second-order valence-corrected chi connectivity index (χ2v) is 7.13. The number of piperidine rings is 1. The van der Waals surface area contributed by atoms with E-state index in [1.807, 2.05) is 27.8 Å². The fourth-order valence-electron chi connectivity index (χ4n) is 3.49. The topological polar surface area (TPSA) is 136 Å². The van der Waals surface area contributed by atoms with Gasteiger partial charge in [-0.2, -0.15) is 0 Å². The lowest BCUT2D eigenvalue weighted by Crippen LogP contribution is -2.51. The van der Waals surface area contributed by atoms with Crippen LogP contribution in [-0.4, -0.2) is 57.3 Å². The molecule has 0 aliphatic carbocycles. The number of aryl methyl sites for hydroxylation is 1. The molecule has 0 saturated carbocycles. The van der Waals surface area contributed by atoms with E-state index in [0.29, 0.717) is 38.9 Å². The lowest BCUT2D eigenvalue weighted by atomic mass is 10.0. The number of fused-ring (bicyclic) bond motifs is 1. The van der Waals surface area contributed by atoms with E-state index in [-0.39, 0.29) is 24.3 Å². The van der Waals surface area contributed by atoms with Crippen molar-refractivity contribution in [1.29, 1.82) is 0 Å². The number of likely N-dealkylation sites (tertiary alicyclic amines) is 1. The van der Waals surface area contributed by atoms with Gasteiger partial charge >= 0.3 is 0 Å². The zero-order valence-corrected chi connectivity index (χ0v) is 15.7. The summed E-state index contributed by atoms with van der Waals surface area (Å²) in [6.45, 7) is 1.78. The van der Waals surface area contributed by atoms with Crippen molar-refractivity contribution < 1.29 is 14.4 Å². The van der Waals surface area contributed by atoms with Crippen LogP contribution in [0.15, 0.2) is 30.7 Å². The third-order valence-electron chi connectivity index (χ3n) is 5.09. The third-order valence-corrected chi connectivity index (χ3v) is 5.09. The van der Waals surface area contributed by atoms with Crippen LogP contribution in [0.1, 0.15) is 25.7 Å². The lowest BCUT2D eigenvalue weighted by Gasteiger charge is -2.33. The molecule has 0 unspecified atom stereocenters. The van der Waals surface area contributed by atoms with Gasteiger partial charge in [-0.15, -0.1) is 0 Å². The number of nitrogens with one attached hydrogen (secondary N) is 1. The van der Waals surface area contributed by atoms with Gasteiger partial charge in [0, 0.05) is 49.9 Å². The van der Waals surface area contributed by atoms with Crippen molar-refractivity contribution in [3.8, 4) is 0 Å². The van der Waals surface area contributed by atoms with E-state index >= 15 is 0 Å². The maximum atomic E-state index is 12.5. The Morgan fingerprint density at radius 1 is 1.25 bits per heavy atom. The molecule has 5 N–H and O–H groups in total. The molecule has 2 aromatic heterocycles. The van der Waals surface area contributed by atoms with Crippen molar-refractivity contribution in [3.05, 3.63) is 30.7 Å². The van der Waals surface area contributed by atoms with Gasteiger partial charge in [-0.1, -0.05) is 0 Å². The van der Waals surface area contributed by atoms with Gasteiger partial charge in [-0.05, 0) is 25.0 Å². The molecule has 0 bridgehead atoms. The average Bonchev–Trinajstić information content (AvgIpc) is 3.09. The van der Waals surface area contributed by atoms with Crippen molar-refractivity contribution in [2.45, 2.75) is 44.3 Å². The Hall–Kier alpha value is -2.94. The molecule has 3 heterocycles. The van der Waals surface area contributed by atoms with E-state index in [9.17, 15) is 14.4 Å². The van der Waals surface area contributed by atoms with Crippen molar-refractivity contribution in [3.63, 3.8) is 0 Å². The van der Waals surface area contributed by atoms with E-state index < -0.39 is 11.9 Å². The summed E-state index contributed by atoms with van der Waals surface area (Å²) in [4.78, 5) is 41.3. The molecule has 0 aromatic carbocycles. The minimum atomic E-state index is -0.928. The van der Waals surface area contributed by atoms with Crippen molar-refractivity contribution in [2.24, 2.45) is 11.5 Å². The molecule has 1 saturated heterocycles. The highest BCUT2D eigenvalue weighted by Crippen LogP contribution is 2.16. The van der Waals surface area contributed by atoms with Gasteiger partial charge in [0.25, 0.3) is 0 Å². The van der Waals surface area contributed by atoms with Crippen LogP contribution in [0.2, 0.25) is 0 Å². The minimum absolute atomic E-state index is 0.0463. The normalized spacial score (nSPS) is 16.1. The number of amides is 3. The Balaban J connectivity index is 1.43. The molecule has 9 heteroatoms. The second-order valence-electron chi connectivity index (χ2n) is 7.13. The lowest BCUT2D eigenvalue weighted by molar-refractivity contribution is -0.133. The molecule has 28 heavy (non-hydrogen) atoms. The molecule has 1 aliphatic rings. The van der Waals surface area contributed by atoms with Gasteiger partial charge in [-0.25, -0.2) is 0 Å². The third kappa shape index (κ3) is 4.86. The molecule has 3 rings (SSSR count). The van der Waals surface area contributed by atoms with Crippen molar-refractivity contribution in [2.75, 3.05) is 13.1 Å². The first kappa shape index (κ1) is 19.8. The standard InChI is InChI=1S/C19H26N6O3/c20-15(11-17(21)26)19(28)23-14-3-8-25(9-4-14)18(27)5-10-24-7-2-13-1-6-22-12-16(13)24/h1-2,6-7,12,14-15H,3-5,8-11,20H2,(H2,21,26)(H,23,28)/t15-/m0/s1. The Kier molecular flexibility index (Phi) is 6.25. The number of nitrogens with two attached hydrogens (primary N) is 2. The Morgan fingerprint density at radius 2 is 2.00 bits per heavy atom. The Bertz CT molecular complexity index is 856. The fraction of sp³-hybridized carbons (Fsp3) is 0.474. The molecule has 150 valence electrons. The number of rotatable bonds is 7. The predicted octanol–water partition coefficient (Wildman–Crippen LogP) is -0.264. The quantitative estimate of drug-likeness (QED) is 0.602. The maximum Gasteiger partial charge on any atom is 0.237 e. The molecule has 1 fully saturated rings. The molecular formula is C19H26N6O3. The number of hydrogen-bond acceptors (Lipinski definition) is 5. The number of hydrogen-bond donors (Lipinski definition) is 3. The molecule has 1 atom stereocenters. The summed E-state index contributed by atoms with van der Waals surface area (Å²) >= 11 is 0. The zero-order valence-electron chi connectivity index (χ0n) is 15.7. The van der Waals surface area contributed by atoms with Crippen LogP contribution >= 0.6 is 0 Å². The number of primary amides is 1.